The van der Waals surface area contributed by atoms with Gasteiger partial charge in [-0.25, -0.2) is 0 Å². The summed E-state index contributed by atoms with van der Waals surface area (Å²) >= 11 is -12.2. The van der Waals surface area contributed by atoms with Crippen molar-refractivity contribution in [3.63, 3.8) is 0 Å². The zero-order valence-electron chi connectivity index (χ0n) is 10.2. The Kier molecular flexibility index (Phi) is 6.50. The summed E-state index contributed by atoms with van der Waals surface area (Å²) < 4.78 is 69.1. The van der Waals surface area contributed by atoms with Gasteiger partial charge in [-0.3, -0.25) is 0 Å². The summed E-state index contributed by atoms with van der Waals surface area (Å²) in [7, 11) is 0. The summed E-state index contributed by atoms with van der Waals surface area (Å²) in [6.07, 6.45) is 0. The molecule has 0 aromatic carbocycles. The monoisotopic (exact) mass is 376 g/mol. The predicted molar refractivity (Wildman–Crippen MR) is 19.6 cm³/mol. The maximum atomic E-state index is 8.64. The number of rotatable bonds is 0. The van der Waals surface area contributed by atoms with Crippen LogP contribution in [0.1, 0.15) is 8.56 Å². The Bertz CT molecular complexity index is 135. The third-order valence-corrected chi connectivity index (χ3v) is 0. The van der Waals surface area contributed by atoms with Gasteiger partial charge in [0.2, 0.25) is 0 Å². The summed E-state index contributed by atoms with van der Waals surface area (Å²) in [6.45, 7) is 0. The van der Waals surface area contributed by atoms with Crippen LogP contribution in [0.15, 0.2) is 0 Å². The van der Waals surface area contributed by atoms with Crippen LogP contribution in [-0.4, -0.2) is 40.1 Å². The van der Waals surface area contributed by atoms with Crippen LogP contribution in [0.4, 0.5) is 0 Å². The molecule has 0 aromatic heterocycles. The Labute approximate surface area is 75.1 Å². The molecule has 0 rings (SSSR count). The molecule has 0 saturated carbocycles. The fourth-order valence-corrected chi connectivity index (χ4v) is 0. The molecule has 0 aliphatic heterocycles. The topological polar surface area (TPSA) is 172 Å². The third kappa shape index (κ3) is 579. The summed E-state index contributed by atoms with van der Waals surface area (Å²) in [5.74, 6) is 0. The van der Waals surface area contributed by atoms with E-state index in [-0.39, 0.29) is 8.56 Å². The molecule has 10 heteroatoms. The second-order valence-corrected chi connectivity index (χ2v) is 6.00. The summed E-state index contributed by atoms with van der Waals surface area (Å²) in [5.41, 5.74) is 0. The van der Waals surface area contributed by atoms with Crippen LogP contribution in [0.3, 0.4) is 0 Å². The van der Waals surface area contributed by atoms with Crippen molar-refractivity contribution in [3.05, 3.63) is 0 Å². The Balaban J connectivity index is -0.00000000970. The standard InChI is InChI=1S/8O.2Sb/q;;6*-1;;/p+6. The van der Waals surface area contributed by atoms with E-state index in [1.165, 1.54) is 0 Å². The normalized spacial score (nSPS) is 11.8. The molecule has 64 valence electrons. The molecular formula is H6O8Sb2. The van der Waals surface area contributed by atoms with Crippen molar-refractivity contribution < 1.29 is 34.9 Å². The second kappa shape index (κ2) is 4.79. The van der Waals surface area contributed by atoms with E-state index in [2.05, 4.69) is 0 Å². The number of hydrogen-bond acceptors (Lipinski definition) is 8. The SMILES string of the molecule is [H+].[H+].[H+].[H+].[H+].[H+].[O]=[Sb]([O-])([O-])[O-].[O]=[Sb]([O-])([O-])[O-]. The fourth-order valence-electron chi connectivity index (χ4n) is 0. The van der Waals surface area contributed by atoms with Gasteiger partial charge in [-0.05, 0) is 0 Å². The van der Waals surface area contributed by atoms with Crippen molar-refractivity contribution in [2.75, 3.05) is 0 Å². The molecule has 0 amide bonds. The Morgan fingerprint density at radius 1 is 0.700 bits per heavy atom. The van der Waals surface area contributed by atoms with Gasteiger partial charge >= 0.3 is 75.0 Å². The third-order valence-electron chi connectivity index (χ3n) is 0. The maximum absolute atomic E-state index is 8.64. The zero-order chi connectivity index (χ0) is 9.00. The van der Waals surface area contributed by atoms with Gasteiger partial charge < -0.3 is 0 Å². The molecule has 0 fully saturated rings. The van der Waals surface area contributed by atoms with Crippen molar-refractivity contribution in [1.82, 2.24) is 0 Å². The molecule has 0 atom stereocenters. The first-order valence-corrected chi connectivity index (χ1v) is 9.80. The predicted octanol–water partition coefficient (Wildman–Crippen LogP) is -7.46. The molecule has 0 spiro atoms. The van der Waals surface area contributed by atoms with E-state index in [0.29, 0.717) is 0 Å². The molecule has 0 heterocycles. The molecule has 0 bridgehead atoms. The number of hydrogen-bond donors (Lipinski definition) is 0. The van der Waals surface area contributed by atoms with E-state index in [4.69, 9.17) is 26.3 Å². The van der Waals surface area contributed by atoms with Crippen molar-refractivity contribution in [2.24, 2.45) is 0 Å². The van der Waals surface area contributed by atoms with Crippen LogP contribution in [0.5, 0.6) is 0 Å². The van der Waals surface area contributed by atoms with Crippen molar-refractivity contribution in [1.29, 1.82) is 0 Å². The summed E-state index contributed by atoms with van der Waals surface area (Å²) in [6, 6.07) is 0. The van der Waals surface area contributed by atoms with Crippen LogP contribution in [0.25, 0.3) is 0 Å². The molecule has 0 N–H and O–H groups in total. The van der Waals surface area contributed by atoms with Gasteiger partial charge in [0.25, 0.3) is 0 Å². The van der Waals surface area contributed by atoms with Crippen molar-refractivity contribution in [2.45, 2.75) is 0 Å². The first-order chi connectivity index (χ1) is 4.00. The van der Waals surface area contributed by atoms with Gasteiger partial charge in [-0.15, -0.1) is 0 Å². The molecule has 0 radical (unpaired) electrons. The molecule has 0 aliphatic rings. The van der Waals surface area contributed by atoms with E-state index < -0.39 is 40.1 Å². The van der Waals surface area contributed by atoms with E-state index in [9.17, 15) is 0 Å². The van der Waals surface area contributed by atoms with Crippen LogP contribution in [0, 0.1) is 0 Å². The molecule has 0 unspecified atom stereocenters. The first kappa shape index (κ1) is 13.6. The van der Waals surface area contributed by atoms with Gasteiger partial charge in [0.1, 0.15) is 0 Å². The van der Waals surface area contributed by atoms with Gasteiger partial charge in [0.15, 0.2) is 0 Å². The van der Waals surface area contributed by atoms with Crippen LogP contribution >= 0.6 is 0 Å². The molecular weight excluding hydrogens is 372 g/mol. The average molecular weight is 378 g/mol. The van der Waals surface area contributed by atoms with Crippen molar-refractivity contribution in [3.8, 4) is 0 Å². The van der Waals surface area contributed by atoms with Crippen LogP contribution in [0.2, 0.25) is 0 Å². The molecule has 0 aromatic rings. The second-order valence-electron chi connectivity index (χ2n) is 0.894. The Morgan fingerprint density at radius 3 is 0.700 bits per heavy atom. The summed E-state index contributed by atoms with van der Waals surface area (Å²) in [5, 5.41) is 0. The Morgan fingerprint density at radius 2 is 0.700 bits per heavy atom. The first-order valence-electron chi connectivity index (χ1n) is 1.46. The van der Waals surface area contributed by atoms with E-state index in [1.807, 2.05) is 0 Å². The molecule has 0 saturated heterocycles. The minimum atomic E-state index is -6.10. The van der Waals surface area contributed by atoms with E-state index >= 15 is 0 Å². The summed E-state index contributed by atoms with van der Waals surface area (Å²) in [4.78, 5) is 0. The fraction of sp³-hybridized carbons (Fsp3) is 0. The molecule has 0 aliphatic carbocycles. The van der Waals surface area contributed by atoms with Gasteiger partial charge in [0.05, 0.1) is 0 Å². The minimum absolute atomic E-state index is 0. The zero-order valence-corrected chi connectivity index (χ0v) is 9.27. The molecule has 8 nitrogen and oxygen atoms in total. The van der Waals surface area contributed by atoms with Crippen molar-refractivity contribution >= 4 is 40.1 Å². The quantitative estimate of drug-likeness (QED) is 0.374. The van der Waals surface area contributed by atoms with E-state index in [1.54, 1.807) is 0 Å². The average Bonchev–Trinajstić information content (AvgIpc) is 1.12. The van der Waals surface area contributed by atoms with Gasteiger partial charge in [-0.2, -0.15) is 0 Å². The van der Waals surface area contributed by atoms with Gasteiger partial charge in [0, 0.05) is 0 Å². The van der Waals surface area contributed by atoms with Crippen LogP contribution < -0.4 is 20.3 Å². The van der Waals surface area contributed by atoms with Gasteiger partial charge in [-0.1, -0.05) is 0 Å². The molecule has 10 heavy (non-hydrogen) atoms. The van der Waals surface area contributed by atoms with Crippen LogP contribution in [-0.2, 0) is 6.03 Å². The van der Waals surface area contributed by atoms with E-state index in [0.717, 1.165) is 0 Å². The Hall–Kier alpha value is 0.996.